The van der Waals surface area contributed by atoms with E-state index in [1.807, 2.05) is 37.6 Å². The molecule has 152 valence electrons. The second kappa shape index (κ2) is 8.12. The third-order valence-corrected chi connectivity index (χ3v) is 5.32. The highest BCUT2D eigenvalue weighted by molar-refractivity contribution is 5.93. The number of nitrogens with zero attached hydrogens (tertiary/aromatic N) is 6. The largest absolute Gasteiger partial charge is 0.337 e. The van der Waals surface area contributed by atoms with Crippen molar-refractivity contribution in [3.8, 4) is 11.4 Å². The summed E-state index contributed by atoms with van der Waals surface area (Å²) in [4.78, 5) is 23.4. The van der Waals surface area contributed by atoms with Crippen LogP contribution in [0.15, 0.2) is 29.0 Å². The van der Waals surface area contributed by atoms with E-state index in [2.05, 4.69) is 30.4 Å². The zero-order valence-corrected chi connectivity index (χ0v) is 16.9. The maximum atomic E-state index is 12.7. The molecule has 3 aromatic heterocycles. The molecule has 0 spiro atoms. The number of hydrogen-bond acceptors (Lipinski definition) is 7. The van der Waals surface area contributed by atoms with Gasteiger partial charge >= 0.3 is 0 Å². The Balaban J connectivity index is 1.45. The van der Waals surface area contributed by atoms with Gasteiger partial charge in [-0.1, -0.05) is 5.16 Å². The molecule has 9 nitrogen and oxygen atoms in total. The van der Waals surface area contributed by atoms with Crippen molar-refractivity contribution in [2.45, 2.75) is 46.2 Å². The molecule has 1 aliphatic heterocycles. The van der Waals surface area contributed by atoms with E-state index in [1.165, 1.54) is 0 Å². The number of aromatic nitrogens is 5. The van der Waals surface area contributed by atoms with Gasteiger partial charge in [0, 0.05) is 24.5 Å². The van der Waals surface area contributed by atoms with Crippen LogP contribution in [-0.2, 0) is 11.3 Å². The van der Waals surface area contributed by atoms with Crippen LogP contribution in [-0.4, -0.2) is 48.8 Å². The molecule has 0 aromatic carbocycles. The minimum Gasteiger partial charge on any atom is -0.337 e. The quantitative estimate of drug-likeness (QED) is 0.684. The van der Waals surface area contributed by atoms with Gasteiger partial charge in [-0.3, -0.25) is 19.4 Å². The Morgan fingerprint density at radius 2 is 2.10 bits per heavy atom. The van der Waals surface area contributed by atoms with E-state index < -0.39 is 0 Å². The number of hydrogen-bond donors (Lipinski definition) is 1. The van der Waals surface area contributed by atoms with E-state index in [4.69, 9.17) is 4.52 Å². The van der Waals surface area contributed by atoms with Crippen LogP contribution in [0.4, 0.5) is 5.69 Å². The van der Waals surface area contributed by atoms with Crippen molar-refractivity contribution in [1.29, 1.82) is 0 Å². The maximum Gasteiger partial charge on any atom is 0.244 e. The van der Waals surface area contributed by atoms with E-state index in [0.717, 1.165) is 48.6 Å². The lowest BCUT2D eigenvalue weighted by molar-refractivity contribution is -0.117. The number of carbonyl (C=O) groups excluding carboxylic acids is 1. The molecule has 1 unspecified atom stereocenters. The average Bonchev–Trinajstić information content (AvgIpc) is 3.44. The molecule has 4 heterocycles. The van der Waals surface area contributed by atoms with Crippen molar-refractivity contribution < 1.29 is 9.32 Å². The van der Waals surface area contributed by atoms with Gasteiger partial charge in [-0.25, -0.2) is 0 Å². The predicted molar refractivity (Wildman–Crippen MR) is 107 cm³/mol. The Morgan fingerprint density at radius 1 is 1.31 bits per heavy atom. The zero-order chi connectivity index (χ0) is 20.4. The molecular formula is C20H25N7O2. The van der Waals surface area contributed by atoms with Gasteiger partial charge < -0.3 is 9.84 Å². The molecule has 1 N–H and O–H groups in total. The summed E-state index contributed by atoms with van der Waals surface area (Å²) >= 11 is 0. The highest BCUT2D eigenvalue weighted by Gasteiger charge is 2.32. The predicted octanol–water partition coefficient (Wildman–Crippen LogP) is 2.74. The molecule has 29 heavy (non-hydrogen) atoms. The maximum absolute atomic E-state index is 12.7. The van der Waals surface area contributed by atoms with Crippen LogP contribution in [0, 0.1) is 13.8 Å². The fraction of sp³-hybridized carbons (Fsp3) is 0.450. The Labute approximate surface area is 169 Å². The topological polar surface area (TPSA) is 102 Å². The first-order valence-electron chi connectivity index (χ1n) is 9.88. The molecule has 0 aliphatic carbocycles. The van der Waals surface area contributed by atoms with Crippen molar-refractivity contribution in [3.63, 3.8) is 0 Å². The summed E-state index contributed by atoms with van der Waals surface area (Å²) in [6.45, 7) is 7.77. The summed E-state index contributed by atoms with van der Waals surface area (Å²) in [5, 5.41) is 11.6. The minimum atomic E-state index is -0.0624. The normalized spacial score (nSPS) is 17.0. The first-order chi connectivity index (χ1) is 14.1. The molecule has 9 heteroatoms. The molecule has 0 radical (unpaired) electrons. The number of aryl methyl sites for hydroxylation is 2. The number of anilines is 1. The van der Waals surface area contributed by atoms with E-state index in [0.29, 0.717) is 11.7 Å². The zero-order valence-electron chi connectivity index (χ0n) is 16.9. The number of likely N-dealkylation sites (tertiary alicyclic amines) is 1. The van der Waals surface area contributed by atoms with Crippen molar-refractivity contribution in [2.75, 3.05) is 18.4 Å². The monoisotopic (exact) mass is 395 g/mol. The molecule has 1 aliphatic rings. The van der Waals surface area contributed by atoms with E-state index in [-0.39, 0.29) is 18.5 Å². The Kier molecular flexibility index (Phi) is 5.39. The van der Waals surface area contributed by atoms with Gasteiger partial charge in [0.1, 0.15) is 0 Å². The van der Waals surface area contributed by atoms with E-state index >= 15 is 0 Å². The molecule has 4 rings (SSSR count). The van der Waals surface area contributed by atoms with Gasteiger partial charge in [0.05, 0.1) is 29.7 Å². The van der Waals surface area contributed by atoms with Crippen molar-refractivity contribution in [1.82, 2.24) is 29.8 Å². The number of nitrogens with one attached hydrogen (secondary N) is 1. The molecule has 1 atom stereocenters. The molecule has 0 bridgehead atoms. The number of rotatable bonds is 6. The third-order valence-electron chi connectivity index (χ3n) is 5.32. The first kappa shape index (κ1) is 19.3. The highest BCUT2D eigenvalue weighted by atomic mass is 16.5. The third kappa shape index (κ3) is 3.91. The molecule has 1 saturated heterocycles. The van der Waals surface area contributed by atoms with E-state index in [9.17, 15) is 4.79 Å². The van der Waals surface area contributed by atoms with Crippen LogP contribution in [0.2, 0.25) is 0 Å². The smallest absolute Gasteiger partial charge is 0.244 e. The molecule has 1 fully saturated rings. The highest BCUT2D eigenvalue weighted by Crippen LogP contribution is 2.32. The summed E-state index contributed by atoms with van der Waals surface area (Å²) in [5.41, 5.74) is 3.45. The number of amides is 1. The lowest BCUT2D eigenvalue weighted by Crippen LogP contribution is -2.33. The second-order valence-electron chi connectivity index (χ2n) is 7.23. The van der Waals surface area contributed by atoms with Crippen LogP contribution >= 0.6 is 0 Å². The minimum absolute atomic E-state index is 0.0515. The SMILES string of the molecule is CCn1nc(C)c(NC(=O)CN2CCCC2c2nc(-c3ccncc3)no2)c1C. The van der Waals surface area contributed by atoms with E-state index in [1.54, 1.807) is 12.4 Å². The molecule has 1 amide bonds. The first-order valence-corrected chi connectivity index (χ1v) is 9.88. The van der Waals surface area contributed by atoms with Gasteiger partial charge in [-0.2, -0.15) is 10.1 Å². The Hall–Kier alpha value is -3.07. The van der Waals surface area contributed by atoms with Crippen LogP contribution in [0.5, 0.6) is 0 Å². The average molecular weight is 395 g/mol. The lowest BCUT2D eigenvalue weighted by Gasteiger charge is -2.20. The summed E-state index contributed by atoms with van der Waals surface area (Å²) < 4.78 is 7.41. The van der Waals surface area contributed by atoms with Crippen LogP contribution < -0.4 is 5.32 Å². The lowest BCUT2D eigenvalue weighted by atomic mass is 10.2. The fourth-order valence-corrected chi connectivity index (χ4v) is 3.83. The van der Waals surface area contributed by atoms with Gasteiger partial charge in [-0.05, 0) is 52.3 Å². The number of pyridine rings is 1. The summed E-state index contributed by atoms with van der Waals surface area (Å²) in [6, 6.07) is 3.63. The second-order valence-corrected chi connectivity index (χ2v) is 7.23. The van der Waals surface area contributed by atoms with Crippen molar-refractivity contribution in [3.05, 3.63) is 41.8 Å². The van der Waals surface area contributed by atoms with Gasteiger partial charge in [0.2, 0.25) is 17.6 Å². The van der Waals surface area contributed by atoms with Crippen molar-refractivity contribution in [2.24, 2.45) is 0 Å². The fourth-order valence-electron chi connectivity index (χ4n) is 3.83. The Morgan fingerprint density at radius 3 is 2.83 bits per heavy atom. The van der Waals surface area contributed by atoms with Gasteiger partial charge in [0.15, 0.2) is 0 Å². The van der Waals surface area contributed by atoms with Gasteiger partial charge in [-0.15, -0.1) is 0 Å². The molecule has 3 aromatic rings. The molecular weight excluding hydrogens is 370 g/mol. The standard InChI is InChI=1S/C20H25N7O2/c1-4-27-14(3)18(13(2)24-27)22-17(28)12-26-11-5-6-16(26)20-23-19(25-29-20)15-7-9-21-10-8-15/h7-10,16H,4-6,11-12H2,1-3H3,(H,22,28). The summed E-state index contributed by atoms with van der Waals surface area (Å²) in [5.74, 6) is 1.03. The molecule has 0 saturated carbocycles. The van der Waals surface area contributed by atoms with Crippen LogP contribution in [0.25, 0.3) is 11.4 Å². The van der Waals surface area contributed by atoms with Crippen LogP contribution in [0.3, 0.4) is 0 Å². The summed E-state index contributed by atoms with van der Waals surface area (Å²) in [6.07, 6.45) is 5.26. The Bertz CT molecular complexity index is 996. The van der Waals surface area contributed by atoms with Crippen LogP contribution in [0.1, 0.15) is 43.1 Å². The van der Waals surface area contributed by atoms with Crippen molar-refractivity contribution >= 4 is 11.6 Å². The summed E-state index contributed by atoms with van der Waals surface area (Å²) in [7, 11) is 0. The number of carbonyl (C=O) groups is 1. The van der Waals surface area contributed by atoms with Gasteiger partial charge in [0.25, 0.3) is 0 Å².